The lowest BCUT2D eigenvalue weighted by Crippen LogP contribution is -2.20. The van der Waals surface area contributed by atoms with E-state index in [1.165, 1.54) is 0 Å². The standard InChI is InChI=1S/C14H11BO3/c16-15(17)18-14-10-8-13(9-11-14)7-6-12-4-2-1-3-5-12/h1-5,8-11,16-17H. The lowest BCUT2D eigenvalue weighted by atomic mass is 10.1. The largest absolute Gasteiger partial charge is 0.707 e. The highest BCUT2D eigenvalue weighted by Gasteiger charge is 2.10. The van der Waals surface area contributed by atoms with Crippen molar-refractivity contribution in [2.45, 2.75) is 0 Å². The van der Waals surface area contributed by atoms with Gasteiger partial charge in [-0.1, -0.05) is 30.0 Å². The minimum atomic E-state index is -1.80. The molecular formula is C14H11BO3. The van der Waals surface area contributed by atoms with Gasteiger partial charge >= 0.3 is 7.32 Å². The van der Waals surface area contributed by atoms with Gasteiger partial charge in [0.1, 0.15) is 5.75 Å². The third-order valence-corrected chi connectivity index (χ3v) is 2.22. The van der Waals surface area contributed by atoms with E-state index < -0.39 is 7.32 Å². The lowest BCUT2D eigenvalue weighted by Gasteiger charge is -2.03. The molecule has 0 aliphatic heterocycles. The van der Waals surface area contributed by atoms with Gasteiger partial charge in [-0.3, -0.25) is 0 Å². The van der Waals surface area contributed by atoms with Gasteiger partial charge in [0, 0.05) is 11.1 Å². The molecule has 0 amide bonds. The predicted octanol–water partition coefficient (Wildman–Crippen LogP) is 1.43. The Morgan fingerprint density at radius 2 is 1.33 bits per heavy atom. The molecule has 0 aliphatic rings. The normalized spacial score (nSPS) is 9.22. The molecule has 0 saturated heterocycles. The molecule has 88 valence electrons. The second kappa shape index (κ2) is 5.92. The fourth-order valence-electron chi connectivity index (χ4n) is 1.40. The summed E-state index contributed by atoms with van der Waals surface area (Å²) in [4.78, 5) is 0. The van der Waals surface area contributed by atoms with Crippen LogP contribution in [0.1, 0.15) is 11.1 Å². The van der Waals surface area contributed by atoms with Gasteiger partial charge in [0.25, 0.3) is 0 Å². The number of rotatable bonds is 2. The van der Waals surface area contributed by atoms with Crippen molar-refractivity contribution in [3.05, 3.63) is 65.7 Å². The molecule has 0 spiro atoms. The maximum Gasteiger partial charge on any atom is 0.707 e. The molecule has 2 aromatic rings. The van der Waals surface area contributed by atoms with Crippen LogP contribution < -0.4 is 4.65 Å². The van der Waals surface area contributed by atoms with Crippen molar-refractivity contribution in [2.75, 3.05) is 0 Å². The molecule has 0 aliphatic carbocycles. The highest BCUT2D eigenvalue weighted by Crippen LogP contribution is 2.11. The van der Waals surface area contributed by atoms with Crippen LogP contribution in [0.5, 0.6) is 5.75 Å². The van der Waals surface area contributed by atoms with Crippen molar-refractivity contribution in [3.63, 3.8) is 0 Å². The molecule has 0 aromatic heterocycles. The minimum absolute atomic E-state index is 0.385. The molecule has 0 unspecified atom stereocenters. The van der Waals surface area contributed by atoms with Crippen molar-refractivity contribution in [1.82, 2.24) is 0 Å². The smallest absolute Gasteiger partial charge is 0.512 e. The Morgan fingerprint density at radius 1 is 0.778 bits per heavy atom. The van der Waals surface area contributed by atoms with Gasteiger partial charge in [0.05, 0.1) is 0 Å². The van der Waals surface area contributed by atoms with Crippen molar-refractivity contribution in [3.8, 4) is 17.6 Å². The highest BCUT2D eigenvalue weighted by molar-refractivity contribution is 6.33. The number of benzene rings is 2. The Bertz CT molecular complexity index is 553. The summed E-state index contributed by atoms with van der Waals surface area (Å²) in [6, 6.07) is 16.5. The molecule has 0 atom stereocenters. The van der Waals surface area contributed by atoms with E-state index >= 15 is 0 Å². The highest BCUT2D eigenvalue weighted by atomic mass is 16.6. The zero-order chi connectivity index (χ0) is 12.8. The Labute approximate surface area is 106 Å². The zero-order valence-electron chi connectivity index (χ0n) is 9.58. The van der Waals surface area contributed by atoms with E-state index in [0.29, 0.717) is 5.75 Å². The SMILES string of the molecule is OB(O)Oc1ccc(C#Cc2ccccc2)cc1. The van der Waals surface area contributed by atoms with Crippen LogP contribution in [-0.2, 0) is 0 Å². The van der Waals surface area contributed by atoms with Crippen LogP contribution in [0.4, 0.5) is 0 Å². The summed E-state index contributed by atoms with van der Waals surface area (Å²) >= 11 is 0. The molecule has 18 heavy (non-hydrogen) atoms. The summed E-state index contributed by atoms with van der Waals surface area (Å²) in [5.41, 5.74) is 1.78. The first-order chi connectivity index (χ1) is 8.74. The molecule has 3 nitrogen and oxygen atoms in total. The molecule has 2 N–H and O–H groups in total. The summed E-state index contributed by atoms with van der Waals surface area (Å²) in [5.74, 6) is 6.43. The predicted molar refractivity (Wildman–Crippen MR) is 69.7 cm³/mol. The molecule has 4 heteroatoms. The summed E-state index contributed by atoms with van der Waals surface area (Å²) in [6.07, 6.45) is 0. The van der Waals surface area contributed by atoms with Crippen molar-refractivity contribution >= 4 is 7.32 Å². The Hall–Kier alpha value is -2.22. The average molecular weight is 238 g/mol. The van der Waals surface area contributed by atoms with E-state index in [0.717, 1.165) is 11.1 Å². The number of hydrogen-bond acceptors (Lipinski definition) is 3. The molecule has 2 rings (SSSR count). The van der Waals surface area contributed by atoms with Crippen LogP contribution in [0.3, 0.4) is 0 Å². The van der Waals surface area contributed by atoms with Crippen LogP contribution in [-0.4, -0.2) is 17.4 Å². The van der Waals surface area contributed by atoms with Gasteiger partial charge in [-0.15, -0.1) is 0 Å². The fourth-order valence-corrected chi connectivity index (χ4v) is 1.40. The summed E-state index contributed by atoms with van der Waals surface area (Å²) in [7, 11) is -1.80. The van der Waals surface area contributed by atoms with Crippen molar-refractivity contribution in [1.29, 1.82) is 0 Å². The second-order valence-electron chi connectivity index (χ2n) is 3.58. The summed E-state index contributed by atoms with van der Waals surface area (Å²) in [5, 5.41) is 17.3. The van der Waals surface area contributed by atoms with E-state index in [1.807, 2.05) is 30.3 Å². The lowest BCUT2D eigenvalue weighted by molar-refractivity contribution is 0.288. The maximum atomic E-state index is 8.63. The Kier molecular flexibility index (Phi) is 4.03. The first-order valence-corrected chi connectivity index (χ1v) is 5.44. The second-order valence-corrected chi connectivity index (χ2v) is 3.58. The van der Waals surface area contributed by atoms with Crippen LogP contribution in [0.25, 0.3) is 0 Å². The average Bonchev–Trinajstić information content (AvgIpc) is 2.38. The Balaban J connectivity index is 2.09. The molecule has 0 bridgehead atoms. The van der Waals surface area contributed by atoms with Crippen molar-refractivity contribution in [2.24, 2.45) is 0 Å². The Morgan fingerprint density at radius 3 is 1.89 bits per heavy atom. The maximum absolute atomic E-state index is 8.63. The molecular weight excluding hydrogens is 227 g/mol. The van der Waals surface area contributed by atoms with Crippen LogP contribution in [0.15, 0.2) is 54.6 Å². The van der Waals surface area contributed by atoms with E-state index in [-0.39, 0.29) is 0 Å². The van der Waals surface area contributed by atoms with E-state index in [2.05, 4.69) is 11.8 Å². The van der Waals surface area contributed by atoms with E-state index in [9.17, 15) is 0 Å². The molecule has 0 heterocycles. The zero-order valence-corrected chi connectivity index (χ0v) is 9.58. The van der Waals surface area contributed by atoms with Crippen LogP contribution in [0.2, 0.25) is 0 Å². The van der Waals surface area contributed by atoms with Gasteiger partial charge in [-0.25, -0.2) is 0 Å². The number of hydrogen-bond donors (Lipinski definition) is 2. The van der Waals surface area contributed by atoms with E-state index in [1.54, 1.807) is 24.3 Å². The molecule has 2 aromatic carbocycles. The van der Waals surface area contributed by atoms with Gasteiger partial charge < -0.3 is 14.7 Å². The van der Waals surface area contributed by atoms with Gasteiger partial charge in [-0.2, -0.15) is 0 Å². The molecule has 0 fully saturated rings. The fraction of sp³-hybridized carbons (Fsp3) is 0. The monoisotopic (exact) mass is 238 g/mol. The van der Waals surface area contributed by atoms with Gasteiger partial charge in [0.15, 0.2) is 0 Å². The third kappa shape index (κ3) is 3.67. The van der Waals surface area contributed by atoms with Gasteiger partial charge in [-0.05, 0) is 36.4 Å². The first-order valence-electron chi connectivity index (χ1n) is 5.44. The minimum Gasteiger partial charge on any atom is -0.512 e. The van der Waals surface area contributed by atoms with Gasteiger partial charge in [0.2, 0.25) is 0 Å². The first kappa shape index (κ1) is 12.2. The summed E-state index contributed by atoms with van der Waals surface area (Å²) < 4.78 is 4.69. The van der Waals surface area contributed by atoms with Crippen LogP contribution in [0, 0.1) is 11.8 Å². The van der Waals surface area contributed by atoms with Crippen molar-refractivity contribution < 1.29 is 14.7 Å². The quantitative estimate of drug-likeness (QED) is 0.614. The van der Waals surface area contributed by atoms with E-state index in [4.69, 9.17) is 14.7 Å². The summed E-state index contributed by atoms with van der Waals surface area (Å²) in [6.45, 7) is 0. The third-order valence-electron chi connectivity index (χ3n) is 2.22. The van der Waals surface area contributed by atoms with Crippen LogP contribution >= 0.6 is 0 Å². The molecule has 0 radical (unpaired) electrons. The topological polar surface area (TPSA) is 49.7 Å². The molecule has 0 saturated carbocycles.